The van der Waals surface area contributed by atoms with Gasteiger partial charge in [0.2, 0.25) is 0 Å². The van der Waals surface area contributed by atoms with Crippen molar-refractivity contribution in [1.82, 2.24) is 0 Å². The summed E-state index contributed by atoms with van der Waals surface area (Å²) >= 11 is 0. The van der Waals surface area contributed by atoms with E-state index in [0.717, 1.165) is 0 Å². The molecule has 0 saturated heterocycles. The van der Waals surface area contributed by atoms with E-state index >= 15 is 0 Å². The third kappa shape index (κ3) is 5.02. The molecule has 0 bridgehead atoms. The smallest absolute Gasteiger partial charge is 0.337 e. The fourth-order valence-electron chi connectivity index (χ4n) is 3.05. The highest BCUT2D eigenvalue weighted by molar-refractivity contribution is 5.98. The molecule has 2 aromatic carbocycles. The molecule has 30 heavy (non-hydrogen) atoms. The summed E-state index contributed by atoms with van der Waals surface area (Å²) in [4.78, 5) is 47.0. The molecule has 8 heteroatoms. The Kier molecular flexibility index (Phi) is 7.30. The first kappa shape index (κ1) is 22.6. The second-order valence-corrected chi connectivity index (χ2v) is 6.75. The van der Waals surface area contributed by atoms with E-state index in [1.54, 1.807) is 12.1 Å². The van der Waals surface area contributed by atoms with Crippen molar-refractivity contribution in [1.29, 1.82) is 0 Å². The predicted molar refractivity (Wildman–Crippen MR) is 105 cm³/mol. The number of benzene rings is 2. The zero-order valence-corrected chi connectivity index (χ0v) is 16.6. The summed E-state index contributed by atoms with van der Waals surface area (Å²) < 4.78 is 9.24. The van der Waals surface area contributed by atoms with Gasteiger partial charge in [-0.2, -0.15) is 0 Å². The molecule has 0 aliphatic carbocycles. The quantitative estimate of drug-likeness (QED) is 0.473. The number of rotatable bonds is 9. The van der Waals surface area contributed by atoms with Crippen LogP contribution in [0.25, 0.3) is 0 Å². The topological polar surface area (TPSA) is 127 Å². The normalized spacial score (nSPS) is 10.9. The first-order valence-electron chi connectivity index (χ1n) is 9.05. The van der Waals surface area contributed by atoms with Crippen LogP contribution in [0.2, 0.25) is 0 Å². The highest BCUT2D eigenvalue weighted by Gasteiger charge is 2.46. The molecule has 2 aromatic rings. The zero-order chi connectivity index (χ0) is 22.3. The number of carboxylic acids is 2. The molecule has 0 spiro atoms. The first-order valence-corrected chi connectivity index (χ1v) is 9.05. The van der Waals surface area contributed by atoms with Crippen LogP contribution in [0.5, 0.6) is 0 Å². The summed E-state index contributed by atoms with van der Waals surface area (Å²) in [6.45, 7) is 0. The summed E-state index contributed by atoms with van der Waals surface area (Å²) in [6, 6.07) is 12.3. The van der Waals surface area contributed by atoms with Gasteiger partial charge in [-0.3, -0.25) is 9.59 Å². The maximum atomic E-state index is 12.0. The van der Waals surface area contributed by atoms with Crippen LogP contribution in [0.1, 0.15) is 38.3 Å². The Morgan fingerprint density at radius 2 is 1.13 bits per heavy atom. The number of ether oxygens (including phenoxy) is 2. The second kappa shape index (κ2) is 9.69. The monoisotopic (exact) mass is 414 g/mol. The van der Waals surface area contributed by atoms with Crippen molar-refractivity contribution in [2.45, 2.75) is 19.3 Å². The average Bonchev–Trinajstić information content (AvgIpc) is 2.75. The minimum atomic E-state index is -2.05. The summed E-state index contributed by atoms with van der Waals surface area (Å²) in [7, 11) is 2.51. The van der Waals surface area contributed by atoms with Gasteiger partial charge in [-0.25, -0.2) is 9.59 Å². The fraction of sp³-hybridized carbons (Fsp3) is 0.273. The van der Waals surface area contributed by atoms with E-state index in [9.17, 15) is 29.4 Å². The summed E-state index contributed by atoms with van der Waals surface area (Å²) in [5.74, 6) is -3.93. The molecule has 0 aromatic heterocycles. The molecular weight excluding hydrogens is 392 g/mol. The molecule has 2 rings (SSSR count). The molecular formula is C22H22O8. The highest BCUT2D eigenvalue weighted by atomic mass is 16.5. The van der Waals surface area contributed by atoms with E-state index in [0.29, 0.717) is 16.7 Å². The fourth-order valence-corrected chi connectivity index (χ4v) is 3.05. The van der Waals surface area contributed by atoms with Gasteiger partial charge in [-0.05, 0) is 54.7 Å². The van der Waals surface area contributed by atoms with Crippen molar-refractivity contribution in [3.05, 3.63) is 70.8 Å². The number of hydrogen-bond donors (Lipinski definition) is 2. The summed E-state index contributed by atoms with van der Waals surface area (Å²) in [6.07, 6.45) is -0.229. The second-order valence-electron chi connectivity index (χ2n) is 6.75. The Hall–Kier alpha value is -3.68. The number of carbonyl (C=O) groups is 4. The number of aliphatic carboxylic acids is 2. The predicted octanol–water partition coefficient (Wildman–Crippen LogP) is 2.59. The Bertz CT molecular complexity index is 915. The lowest BCUT2D eigenvalue weighted by Gasteiger charge is -2.25. The molecule has 2 N–H and O–H groups in total. The van der Waals surface area contributed by atoms with Crippen molar-refractivity contribution >= 4 is 23.9 Å². The van der Waals surface area contributed by atoms with E-state index in [1.807, 2.05) is 0 Å². The van der Waals surface area contributed by atoms with E-state index < -0.39 is 29.3 Å². The maximum absolute atomic E-state index is 12.0. The van der Waals surface area contributed by atoms with Gasteiger partial charge in [0.25, 0.3) is 0 Å². The van der Waals surface area contributed by atoms with Gasteiger partial charge >= 0.3 is 23.9 Å². The van der Waals surface area contributed by atoms with Gasteiger partial charge in [0.05, 0.1) is 25.3 Å². The van der Waals surface area contributed by atoms with Crippen molar-refractivity contribution < 1.29 is 38.9 Å². The van der Waals surface area contributed by atoms with Crippen LogP contribution in [0.4, 0.5) is 0 Å². The molecule has 0 atom stereocenters. The average molecular weight is 414 g/mol. The minimum absolute atomic E-state index is 0.159. The zero-order valence-electron chi connectivity index (χ0n) is 16.6. The molecule has 0 saturated carbocycles. The van der Waals surface area contributed by atoms with Gasteiger partial charge in [-0.15, -0.1) is 0 Å². The van der Waals surface area contributed by atoms with E-state index in [-0.39, 0.29) is 24.8 Å². The minimum Gasteiger partial charge on any atom is -0.480 e. The van der Waals surface area contributed by atoms with Gasteiger partial charge in [-0.1, -0.05) is 24.3 Å². The van der Waals surface area contributed by atoms with Crippen LogP contribution in [0.3, 0.4) is 0 Å². The number of carboxylic acid groups (broad SMARTS) is 2. The Balaban J connectivity index is 2.22. The molecule has 0 aliphatic rings. The van der Waals surface area contributed by atoms with Crippen LogP contribution in [0, 0.1) is 5.41 Å². The third-order valence-corrected chi connectivity index (χ3v) is 4.92. The number of aryl methyl sites for hydroxylation is 1. The standard InChI is InChI=1S/C22H22O8/c1-29-18(23)16-7-3-14(4-8-16)11-12-22(20(25)26,21(27)28)13-15-5-9-17(10-6-15)19(24)30-2/h3-10H,11-13H2,1-2H3,(H,25,26)(H,27,28). The van der Waals surface area contributed by atoms with Crippen molar-refractivity contribution in [3.63, 3.8) is 0 Å². The van der Waals surface area contributed by atoms with Gasteiger partial charge in [0.1, 0.15) is 0 Å². The summed E-state index contributed by atoms with van der Waals surface area (Å²) in [5.41, 5.74) is -0.268. The first-order chi connectivity index (χ1) is 14.2. The van der Waals surface area contributed by atoms with E-state index in [4.69, 9.17) is 0 Å². The van der Waals surface area contributed by atoms with E-state index in [2.05, 4.69) is 9.47 Å². The Labute approximate surface area is 173 Å². The molecule has 0 aliphatic heterocycles. The van der Waals surface area contributed by atoms with Crippen molar-refractivity contribution in [3.8, 4) is 0 Å². The largest absolute Gasteiger partial charge is 0.480 e. The Morgan fingerprint density at radius 1 is 0.733 bits per heavy atom. The number of hydrogen-bond acceptors (Lipinski definition) is 6. The molecule has 0 radical (unpaired) electrons. The van der Waals surface area contributed by atoms with Gasteiger partial charge < -0.3 is 19.7 Å². The summed E-state index contributed by atoms with van der Waals surface area (Å²) in [5, 5.41) is 19.5. The van der Waals surface area contributed by atoms with Crippen LogP contribution >= 0.6 is 0 Å². The van der Waals surface area contributed by atoms with Crippen LogP contribution in [-0.4, -0.2) is 48.3 Å². The molecule has 0 amide bonds. The molecule has 0 fully saturated rings. The van der Waals surface area contributed by atoms with Crippen molar-refractivity contribution in [2.24, 2.45) is 5.41 Å². The van der Waals surface area contributed by atoms with Crippen LogP contribution in [0.15, 0.2) is 48.5 Å². The number of methoxy groups -OCH3 is 2. The highest BCUT2D eigenvalue weighted by Crippen LogP contribution is 2.31. The van der Waals surface area contributed by atoms with Crippen molar-refractivity contribution in [2.75, 3.05) is 14.2 Å². The molecule has 0 heterocycles. The third-order valence-electron chi connectivity index (χ3n) is 4.92. The van der Waals surface area contributed by atoms with E-state index in [1.165, 1.54) is 50.6 Å². The number of carbonyl (C=O) groups excluding carboxylic acids is 2. The molecule has 158 valence electrons. The molecule has 0 unspecified atom stereocenters. The van der Waals surface area contributed by atoms with Crippen LogP contribution < -0.4 is 0 Å². The molecule has 8 nitrogen and oxygen atoms in total. The van der Waals surface area contributed by atoms with Crippen LogP contribution in [-0.2, 0) is 31.9 Å². The van der Waals surface area contributed by atoms with Gasteiger partial charge in [0.15, 0.2) is 5.41 Å². The lowest BCUT2D eigenvalue weighted by molar-refractivity contribution is -0.165. The maximum Gasteiger partial charge on any atom is 0.337 e. The lowest BCUT2D eigenvalue weighted by atomic mass is 9.77. The number of esters is 2. The SMILES string of the molecule is COC(=O)c1ccc(CCC(Cc2ccc(C(=O)OC)cc2)(C(=O)O)C(=O)O)cc1. The Morgan fingerprint density at radius 3 is 1.50 bits per heavy atom. The van der Waals surface area contributed by atoms with Gasteiger partial charge in [0, 0.05) is 0 Å². The lowest BCUT2D eigenvalue weighted by Crippen LogP contribution is -2.42.